The van der Waals surface area contributed by atoms with Gasteiger partial charge in [0.2, 0.25) is 0 Å². The molecule has 0 heterocycles. The van der Waals surface area contributed by atoms with Crippen molar-refractivity contribution in [3.8, 4) is 0 Å². The summed E-state index contributed by atoms with van der Waals surface area (Å²) < 4.78 is 0. The molecule has 2 rings (SSSR count). The highest BCUT2D eigenvalue weighted by molar-refractivity contribution is 5.91. The Morgan fingerprint density at radius 1 is 1.50 bits per heavy atom. The highest BCUT2D eigenvalue weighted by atomic mass is 16.3. The van der Waals surface area contributed by atoms with Crippen LogP contribution in [0.25, 0.3) is 0 Å². The van der Waals surface area contributed by atoms with Crippen LogP contribution < -0.4 is 0 Å². The Morgan fingerprint density at radius 3 is 2.93 bits per heavy atom. The Morgan fingerprint density at radius 2 is 2.21 bits per heavy atom. The van der Waals surface area contributed by atoms with Crippen molar-refractivity contribution in [2.24, 2.45) is 11.3 Å². The van der Waals surface area contributed by atoms with Gasteiger partial charge < -0.3 is 5.11 Å². The van der Waals surface area contributed by atoms with Gasteiger partial charge in [0, 0.05) is 6.42 Å². The van der Waals surface area contributed by atoms with Crippen LogP contribution in [-0.4, -0.2) is 17.0 Å². The van der Waals surface area contributed by atoms with Crippen LogP contribution in [0, 0.1) is 11.3 Å². The van der Waals surface area contributed by atoms with Crippen LogP contribution in [0.1, 0.15) is 39.5 Å². The third kappa shape index (κ3) is 1.33. The van der Waals surface area contributed by atoms with Gasteiger partial charge >= 0.3 is 0 Å². The Balaban J connectivity index is 2.40. The van der Waals surface area contributed by atoms with Gasteiger partial charge in [-0.3, -0.25) is 4.79 Å². The topological polar surface area (TPSA) is 37.3 Å². The van der Waals surface area contributed by atoms with Crippen LogP contribution in [0.4, 0.5) is 0 Å². The Labute approximate surface area is 85.0 Å². The van der Waals surface area contributed by atoms with E-state index in [0.29, 0.717) is 12.3 Å². The fourth-order valence-electron chi connectivity index (χ4n) is 2.83. The average molecular weight is 194 g/mol. The van der Waals surface area contributed by atoms with Crippen molar-refractivity contribution in [3.05, 3.63) is 11.6 Å². The summed E-state index contributed by atoms with van der Waals surface area (Å²) in [6.45, 7) is 4.42. The summed E-state index contributed by atoms with van der Waals surface area (Å²) in [4.78, 5) is 11.3. The molecule has 78 valence electrons. The summed E-state index contributed by atoms with van der Waals surface area (Å²) in [7, 11) is 0. The zero-order valence-corrected chi connectivity index (χ0v) is 8.92. The van der Waals surface area contributed by atoms with E-state index >= 15 is 0 Å². The van der Waals surface area contributed by atoms with Gasteiger partial charge in [0.15, 0.2) is 5.78 Å². The molecule has 1 N–H and O–H groups in total. The molecule has 0 aliphatic heterocycles. The molecule has 2 aliphatic carbocycles. The molecule has 0 unspecified atom stereocenters. The van der Waals surface area contributed by atoms with E-state index in [4.69, 9.17) is 0 Å². The third-order valence-electron chi connectivity index (χ3n) is 4.19. The zero-order valence-electron chi connectivity index (χ0n) is 8.92. The number of aliphatic hydroxyl groups is 1. The standard InChI is InChI=1S/C12H18O2/c1-8-3-4-11(14)10-7-9(13)5-6-12(8,10)2/h7-8,11,14H,3-6H2,1-2H3/t8-,11+,12+/m0/s1. The van der Waals surface area contributed by atoms with E-state index in [2.05, 4.69) is 13.8 Å². The molecule has 2 heteroatoms. The van der Waals surface area contributed by atoms with Gasteiger partial charge in [-0.1, -0.05) is 13.8 Å². The Kier molecular flexibility index (Phi) is 2.26. The predicted molar refractivity (Wildman–Crippen MR) is 54.8 cm³/mol. The molecule has 0 aromatic heterocycles. The monoisotopic (exact) mass is 194 g/mol. The second kappa shape index (κ2) is 3.20. The lowest BCUT2D eigenvalue weighted by Crippen LogP contribution is -2.41. The SMILES string of the molecule is C[C@H]1CC[C@@H](O)C2=CC(=O)CC[C@@]21C. The summed E-state index contributed by atoms with van der Waals surface area (Å²) in [6, 6.07) is 0. The predicted octanol–water partition coefficient (Wildman–Crippen LogP) is 2.07. The maximum absolute atomic E-state index is 11.3. The van der Waals surface area contributed by atoms with E-state index in [1.54, 1.807) is 6.08 Å². The lowest BCUT2D eigenvalue weighted by molar-refractivity contribution is -0.116. The van der Waals surface area contributed by atoms with Gasteiger partial charge in [0.25, 0.3) is 0 Å². The number of carbonyl (C=O) groups is 1. The highest BCUT2D eigenvalue weighted by Gasteiger charge is 2.43. The number of aliphatic hydroxyl groups excluding tert-OH is 1. The van der Waals surface area contributed by atoms with E-state index in [1.807, 2.05) is 0 Å². The van der Waals surface area contributed by atoms with Crippen LogP contribution in [0.3, 0.4) is 0 Å². The second-order valence-corrected chi connectivity index (χ2v) is 4.98. The van der Waals surface area contributed by atoms with Gasteiger partial charge in [0.1, 0.15) is 0 Å². The minimum absolute atomic E-state index is 0.0750. The molecule has 0 bridgehead atoms. The van der Waals surface area contributed by atoms with E-state index in [-0.39, 0.29) is 17.3 Å². The minimum Gasteiger partial charge on any atom is -0.389 e. The number of hydrogen-bond acceptors (Lipinski definition) is 2. The van der Waals surface area contributed by atoms with Crippen LogP contribution in [-0.2, 0) is 4.79 Å². The van der Waals surface area contributed by atoms with Crippen molar-refractivity contribution < 1.29 is 9.90 Å². The summed E-state index contributed by atoms with van der Waals surface area (Å²) in [5.41, 5.74) is 1.07. The normalized spacial score (nSPS) is 43.1. The van der Waals surface area contributed by atoms with E-state index < -0.39 is 0 Å². The molecule has 0 aromatic rings. The van der Waals surface area contributed by atoms with Crippen LogP contribution in [0.2, 0.25) is 0 Å². The quantitative estimate of drug-likeness (QED) is 0.641. The van der Waals surface area contributed by atoms with Gasteiger partial charge in [-0.05, 0) is 42.2 Å². The molecule has 0 spiro atoms. The van der Waals surface area contributed by atoms with Crippen LogP contribution in [0.15, 0.2) is 11.6 Å². The summed E-state index contributed by atoms with van der Waals surface area (Å²) in [5.74, 6) is 0.774. The number of fused-ring (bicyclic) bond motifs is 1. The maximum Gasteiger partial charge on any atom is 0.155 e. The lowest BCUT2D eigenvalue weighted by Gasteiger charge is -2.46. The van der Waals surface area contributed by atoms with Gasteiger partial charge in [-0.2, -0.15) is 0 Å². The molecule has 1 fully saturated rings. The van der Waals surface area contributed by atoms with E-state index in [9.17, 15) is 9.90 Å². The molecule has 0 radical (unpaired) electrons. The van der Waals surface area contributed by atoms with Crippen molar-refractivity contribution in [3.63, 3.8) is 0 Å². The first kappa shape index (κ1) is 9.91. The molecular formula is C12H18O2. The third-order valence-corrected chi connectivity index (χ3v) is 4.19. The number of allylic oxidation sites excluding steroid dienone is 1. The lowest BCUT2D eigenvalue weighted by atomic mass is 9.60. The number of carbonyl (C=O) groups excluding carboxylic acids is 1. The Hall–Kier alpha value is -0.630. The van der Waals surface area contributed by atoms with E-state index in [1.165, 1.54) is 0 Å². The van der Waals surface area contributed by atoms with Crippen molar-refractivity contribution in [1.82, 2.24) is 0 Å². The summed E-state index contributed by atoms with van der Waals surface area (Å²) >= 11 is 0. The summed E-state index contributed by atoms with van der Waals surface area (Å²) in [6.07, 6.45) is 4.77. The van der Waals surface area contributed by atoms with Gasteiger partial charge in [-0.25, -0.2) is 0 Å². The molecule has 2 aliphatic rings. The molecule has 14 heavy (non-hydrogen) atoms. The maximum atomic E-state index is 11.3. The van der Waals surface area contributed by atoms with E-state index in [0.717, 1.165) is 24.8 Å². The highest BCUT2D eigenvalue weighted by Crippen LogP contribution is 2.49. The molecule has 1 saturated carbocycles. The number of hydrogen-bond donors (Lipinski definition) is 1. The Bertz CT molecular complexity index is 293. The fourth-order valence-corrected chi connectivity index (χ4v) is 2.83. The van der Waals surface area contributed by atoms with Gasteiger partial charge in [-0.15, -0.1) is 0 Å². The molecule has 0 saturated heterocycles. The number of ketones is 1. The van der Waals surface area contributed by atoms with Gasteiger partial charge in [0.05, 0.1) is 6.10 Å². The average Bonchev–Trinajstić information content (AvgIpc) is 2.16. The smallest absolute Gasteiger partial charge is 0.155 e. The second-order valence-electron chi connectivity index (χ2n) is 4.98. The minimum atomic E-state index is -0.375. The summed E-state index contributed by atoms with van der Waals surface area (Å²) in [5, 5.41) is 9.88. The molecule has 0 amide bonds. The first-order valence-electron chi connectivity index (χ1n) is 5.47. The van der Waals surface area contributed by atoms with Crippen LogP contribution in [0.5, 0.6) is 0 Å². The first-order chi connectivity index (χ1) is 6.54. The van der Waals surface area contributed by atoms with Crippen molar-refractivity contribution in [2.75, 3.05) is 0 Å². The van der Waals surface area contributed by atoms with Crippen molar-refractivity contribution >= 4 is 5.78 Å². The molecular weight excluding hydrogens is 176 g/mol. The molecule has 0 aromatic carbocycles. The molecule has 2 nitrogen and oxygen atoms in total. The fraction of sp³-hybridized carbons (Fsp3) is 0.750. The number of rotatable bonds is 0. The first-order valence-corrected chi connectivity index (χ1v) is 5.47. The largest absolute Gasteiger partial charge is 0.389 e. The van der Waals surface area contributed by atoms with Crippen LogP contribution >= 0.6 is 0 Å². The zero-order chi connectivity index (χ0) is 10.3. The van der Waals surface area contributed by atoms with Crippen molar-refractivity contribution in [2.45, 2.75) is 45.6 Å². The molecule has 3 atom stereocenters. The van der Waals surface area contributed by atoms with Crippen molar-refractivity contribution in [1.29, 1.82) is 0 Å².